The average Bonchev–Trinajstić information content (AvgIpc) is 3.25. The summed E-state index contributed by atoms with van der Waals surface area (Å²) in [6.07, 6.45) is 1.71. The Morgan fingerprint density at radius 1 is 1.10 bits per heavy atom. The van der Waals surface area contributed by atoms with Crippen LogP contribution < -0.4 is 11.1 Å². The molecule has 4 heteroatoms. The van der Waals surface area contributed by atoms with Gasteiger partial charge in [-0.15, -0.1) is 0 Å². The normalized spacial score (nSPS) is 15.7. The molecule has 1 aliphatic carbocycles. The van der Waals surface area contributed by atoms with Crippen molar-refractivity contribution in [3.05, 3.63) is 59.1 Å². The highest BCUT2D eigenvalue weighted by molar-refractivity contribution is 6.34. The number of nitrogens with two attached hydrogens (primary N) is 1. The molecule has 1 saturated carbocycles. The van der Waals surface area contributed by atoms with E-state index in [1.165, 1.54) is 0 Å². The number of hydrogen-bond donors (Lipinski definition) is 2. The summed E-state index contributed by atoms with van der Waals surface area (Å²) in [6.45, 7) is 0. The summed E-state index contributed by atoms with van der Waals surface area (Å²) in [6, 6.07) is 15.0. The molecule has 0 spiro atoms. The van der Waals surface area contributed by atoms with Crippen LogP contribution in [0.4, 0.5) is 11.4 Å². The van der Waals surface area contributed by atoms with Crippen molar-refractivity contribution in [1.29, 1.82) is 0 Å². The van der Waals surface area contributed by atoms with E-state index in [1.54, 1.807) is 18.2 Å². The zero-order chi connectivity index (χ0) is 14.2. The maximum absolute atomic E-state index is 12.6. The average molecular weight is 287 g/mol. The van der Waals surface area contributed by atoms with Crippen LogP contribution in [0.5, 0.6) is 0 Å². The van der Waals surface area contributed by atoms with Crippen LogP contribution in [-0.2, 0) is 10.2 Å². The molecule has 1 aliphatic rings. The lowest BCUT2D eigenvalue weighted by atomic mass is 9.95. The number of anilines is 2. The third-order valence-electron chi connectivity index (χ3n) is 3.80. The molecule has 20 heavy (non-hydrogen) atoms. The van der Waals surface area contributed by atoms with Crippen molar-refractivity contribution in [2.75, 3.05) is 11.1 Å². The third-order valence-corrected chi connectivity index (χ3v) is 4.11. The molecule has 1 fully saturated rings. The Labute approximate surface area is 122 Å². The van der Waals surface area contributed by atoms with Gasteiger partial charge in [-0.1, -0.05) is 48.0 Å². The molecule has 3 nitrogen and oxygen atoms in total. The number of para-hydroxylation sites is 1. The van der Waals surface area contributed by atoms with Crippen molar-refractivity contribution in [2.24, 2.45) is 0 Å². The molecule has 0 unspecified atom stereocenters. The zero-order valence-electron chi connectivity index (χ0n) is 10.9. The Morgan fingerprint density at radius 3 is 2.40 bits per heavy atom. The molecule has 0 aromatic heterocycles. The fraction of sp³-hybridized carbons (Fsp3) is 0.188. The molecule has 3 N–H and O–H groups in total. The first-order valence-electron chi connectivity index (χ1n) is 6.54. The van der Waals surface area contributed by atoms with Gasteiger partial charge in [-0.25, -0.2) is 0 Å². The first-order valence-corrected chi connectivity index (χ1v) is 6.92. The van der Waals surface area contributed by atoms with E-state index in [0.717, 1.165) is 18.4 Å². The topological polar surface area (TPSA) is 55.1 Å². The molecular weight excluding hydrogens is 272 g/mol. The van der Waals surface area contributed by atoms with Gasteiger partial charge in [0, 0.05) is 0 Å². The number of nitrogens with one attached hydrogen (secondary N) is 1. The summed E-state index contributed by atoms with van der Waals surface area (Å²) in [5.74, 6) is -0.0384. The van der Waals surface area contributed by atoms with Crippen LogP contribution in [0, 0.1) is 0 Å². The standard InChI is InChI=1S/C16H15ClN2O/c17-12-7-4-8-13(18)14(12)19-15(20)16(9-10-16)11-5-2-1-3-6-11/h1-8H,9-10,18H2,(H,19,20). The van der Waals surface area contributed by atoms with Gasteiger partial charge in [-0.2, -0.15) is 0 Å². The van der Waals surface area contributed by atoms with E-state index in [-0.39, 0.29) is 5.91 Å². The van der Waals surface area contributed by atoms with Crippen LogP contribution in [0.1, 0.15) is 18.4 Å². The van der Waals surface area contributed by atoms with Crippen molar-refractivity contribution in [2.45, 2.75) is 18.3 Å². The second-order valence-electron chi connectivity index (χ2n) is 5.11. The number of carbonyl (C=O) groups is 1. The lowest BCUT2D eigenvalue weighted by molar-refractivity contribution is -0.118. The Kier molecular flexibility index (Phi) is 3.14. The van der Waals surface area contributed by atoms with E-state index in [9.17, 15) is 4.79 Å². The lowest BCUT2D eigenvalue weighted by Crippen LogP contribution is -2.28. The van der Waals surface area contributed by atoms with E-state index in [0.29, 0.717) is 16.4 Å². The number of amides is 1. The van der Waals surface area contributed by atoms with Gasteiger partial charge in [0.25, 0.3) is 0 Å². The zero-order valence-corrected chi connectivity index (χ0v) is 11.7. The van der Waals surface area contributed by atoms with Gasteiger partial charge in [0.05, 0.1) is 21.8 Å². The first kappa shape index (κ1) is 13.0. The van der Waals surface area contributed by atoms with Crippen LogP contribution >= 0.6 is 11.6 Å². The monoisotopic (exact) mass is 286 g/mol. The van der Waals surface area contributed by atoms with Gasteiger partial charge in [-0.3, -0.25) is 4.79 Å². The largest absolute Gasteiger partial charge is 0.397 e. The Morgan fingerprint density at radius 2 is 1.80 bits per heavy atom. The first-order chi connectivity index (χ1) is 9.63. The number of hydrogen-bond acceptors (Lipinski definition) is 2. The fourth-order valence-corrected chi connectivity index (χ4v) is 2.66. The molecule has 0 saturated heterocycles. The number of benzene rings is 2. The Bertz CT molecular complexity index is 631. The molecule has 2 aromatic carbocycles. The molecule has 0 heterocycles. The van der Waals surface area contributed by atoms with Crippen LogP contribution in [0.15, 0.2) is 48.5 Å². The molecule has 0 bridgehead atoms. The third kappa shape index (κ3) is 2.14. The van der Waals surface area contributed by atoms with Crippen LogP contribution in [0.25, 0.3) is 0 Å². The SMILES string of the molecule is Nc1cccc(Cl)c1NC(=O)C1(c2ccccc2)CC1. The number of halogens is 1. The molecule has 0 atom stereocenters. The smallest absolute Gasteiger partial charge is 0.235 e. The summed E-state index contributed by atoms with van der Waals surface area (Å²) in [5, 5.41) is 3.34. The molecule has 0 aliphatic heterocycles. The lowest BCUT2D eigenvalue weighted by Gasteiger charge is -2.17. The highest BCUT2D eigenvalue weighted by Gasteiger charge is 2.51. The van der Waals surface area contributed by atoms with E-state index >= 15 is 0 Å². The van der Waals surface area contributed by atoms with Crippen molar-refractivity contribution >= 4 is 28.9 Å². The molecule has 0 radical (unpaired) electrons. The maximum atomic E-state index is 12.6. The van der Waals surface area contributed by atoms with Crippen molar-refractivity contribution in [3.63, 3.8) is 0 Å². The maximum Gasteiger partial charge on any atom is 0.235 e. The van der Waals surface area contributed by atoms with Crippen molar-refractivity contribution < 1.29 is 4.79 Å². The van der Waals surface area contributed by atoms with Crippen LogP contribution in [0.2, 0.25) is 5.02 Å². The number of rotatable bonds is 3. The molecule has 2 aromatic rings. The summed E-state index contributed by atoms with van der Waals surface area (Å²) in [5.41, 5.74) is 7.48. The van der Waals surface area contributed by atoms with E-state index in [2.05, 4.69) is 5.32 Å². The summed E-state index contributed by atoms with van der Waals surface area (Å²) >= 11 is 6.10. The second kappa shape index (κ2) is 4.84. The van der Waals surface area contributed by atoms with Crippen molar-refractivity contribution in [3.8, 4) is 0 Å². The quantitative estimate of drug-likeness (QED) is 0.847. The second-order valence-corrected chi connectivity index (χ2v) is 5.51. The number of carbonyl (C=O) groups excluding carboxylic acids is 1. The minimum atomic E-state index is -0.424. The van der Waals surface area contributed by atoms with Gasteiger partial charge < -0.3 is 11.1 Å². The van der Waals surface area contributed by atoms with Gasteiger partial charge in [0.1, 0.15) is 0 Å². The number of nitrogen functional groups attached to an aromatic ring is 1. The predicted octanol–water partition coefficient (Wildman–Crippen LogP) is 3.59. The van der Waals surface area contributed by atoms with Crippen LogP contribution in [-0.4, -0.2) is 5.91 Å². The van der Waals surface area contributed by atoms with Gasteiger partial charge in [0.15, 0.2) is 0 Å². The summed E-state index contributed by atoms with van der Waals surface area (Å²) in [4.78, 5) is 12.6. The Balaban J connectivity index is 1.88. The molecule has 3 rings (SSSR count). The van der Waals surface area contributed by atoms with E-state index < -0.39 is 5.41 Å². The predicted molar refractivity (Wildman–Crippen MR) is 81.8 cm³/mol. The van der Waals surface area contributed by atoms with E-state index in [1.807, 2.05) is 30.3 Å². The molecule has 102 valence electrons. The molecular formula is C16H15ClN2O. The van der Waals surface area contributed by atoms with E-state index in [4.69, 9.17) is 17.3 Å². The van der Waals surface area contributed by atoms with Crippen LogP contribution in [0.3, 0.4) is 0 Å². The Hall–Kier alpha value is -2.00. The summed E-state index contributed by atoms with van der Waals surface area (Å²) in [7, 11) is 0. The highest BCUT2D eigenvalue weighted by atomic mass is 35.5. The van der Waals surface area contributed by atoms with Gasteiger partial charge in [0.2, 0.25) is 5.91 Å². The van der Waals surface area contributed by atoms with Gasteiger partial charge in [-0.05, 0) is 30.5 Å². The van der Waals surface area contributed by atoms with Crippen molar-refractivity contribution in [1.82, 2.24) is 0 Å². The minimum Gasteiger partial charge on any atom is -0.397 e. The van der Waals surface area contributed by atoms with Gasteiger partial charge >= 0.3 is 0 Å². The summed E-state index contributed by atoms with van der Waals surface area (Å²) < 4.78 is 0. The minimum absolute atomic E-state index is 0.0384. The fourth-order valence-electron chi connectivity index (χ4n) is 2.43. The highest BCUT2D eigenvalue weighted by Crippen LogP contribution is 2.49. The molecule has 1 amide bonds.